The zero-order chi connectivity index (χ0) is 15.3. The quantitative estimate of drug-likeness (QED) is 0.924. The van der Waals surface area contributed by atoms with Crippen LogP contribution in [0.3, 0.4) is 0 Å². The number of nitrogens with zero attached hydrogens (tertiary/aromatic N) is 1. The second-order valence-electron chi connectivity index (χ2n) is 5.20. The van der Waals surface area contributed by atoms with Crippen molar-refractivity contribution in [2.75, 3.05) is 13.2 Å². The topological polar surface area (TPSA) is 57.6 Å². The van der Waals surface area contributed by atoms with Gasteiger partial charge in [0.1, 0.15) is 0 Å². The van der Waals surface area contributed by atoms with Crippen molar-refractivity contribution in [2.45, 2.75) is 31.7 Å². The Kier molecular flexibility index (Phi) is 5.81. The van der Waals surface area contributed by atoms with Gasteiger partial charge >= 0.3 is 0 Å². The summed E-state index contributed by atoms with van der Waals surface area (Å²) >= 11 is 5.80. The fraction of sp³-hybridized carbons (Fsp3) is 0.467. The van der Waals surface area contributed by atoms with E-state index in [4.69, 9.17) is 11.6 Å². The third-order valence-electron chi connectivity index (χ3n) is 3.66. The first-order chi connectivity index (χ1) is 10.0. The Labute approximate surface area is 131 Å². The molecule has 116 valence electrons. The Hall–Kier alpha value is -0.880. The molecule has 1 N–H and O–H groups in total. The molecule has 0 amide bonds. The monoisotopic (exact) mass is 329 g/mol. The number of rotatable bonds is 4. The molecule has 1 aliphatic heterocycles. The van der Waals surface area contributed by atoms with Crippen LogP contribution in [0.4, 0.5) is 0 Å². The fourth-order valence-electron chi connectivity index (χ4n) is 2.48. The smallest absolute Gasteiger partial charge is 0.236 e. The number of hydrogen-bond donors (Lipinski definition) is 1. The van der Waals surface area contributed by atoms with Crippen molar-refractivity contribution in [2.24, 2.45) is 0 Å². The lowest BCUT2D eigenvalue weighted by Crippen LogP contribution is -2.40. The third-order valence-corrected chi connectivity index (χ3v) is 5.53. The zero-order valence-electron chi connectivity index (χ0n) is 11.8. The van der Waals surface area contributed by atoms with Gasteiger partial charge in [-0.2, -0.15) is 4.31 Å². The Morgan fingerprint density at radius 3 is 2.62 bits per heavy atom. The minimum absolute atomic E-state index is 0.131. The van der Waals surface area contributed by atoms with Crippen molar-refractivity contribution < 1.29 is 13.5 Å². The summed E-state index contributed by atoms with van der Waals surface area (Å²) in [5, 5.41) is 11.2. The van der Waals surface area contributed by atoms with Crippen LogP contribution in [-0.2, 0) is 10.0 Å². The Bertz CT molecular complexity index is 583. The van der Waals surface area contributed by atoms with Crippen molar-refractivity contribution >= 4 is 27.7 Å². The molecule has 0 spiro atoms. The molecule has 1 aliphatic rings. The van der Waals surface area contributed by atoms with Gasteiger partial charge in [0, 0.05) is 23.0 Å². The highest BCUT2D eigenvalue weighted by molar-refractivity contribution is 7.92. The average Bonchev–Trinajstić information content (AvgIpc) is 2.72. The van der Waals surface area contributed by atoms with E-state index in [1.54, 1.807) is 30.3 Å². The average molecular weight is 330 g/mol. The highest BCUT2D eigenvalue weighted by atomic mass is 35.5. The minimum Gasteiger partial charge on any atom is -0.395 e. The molecular formula is C15H20ClNO3S. The van der Waals surface area contributed by atoms with Crippen molar-refractivity contribution in [1.82, 2.24) is 4.31 Å². The maximum absolute atomic E-state index is 12.4. The molecule has 21 heavy (non-hydrogen) atoms. The van der Waals surface area contributed by atoms with Gasteiger partial charge in [0.15, 0.2) is 0 Å². The summed E-state index contributed by atoms with van der Waals surface area (Å²) in [6.07, 6.45) is 5.07. The SMILES string of the molecule is O=S(=O)(/C=C/c1ccc(Cl)cc1)N1CCCCCC1CO. The highest BCUT2D eigenvalue weighted by Gasteiger charge is 2.28. The molecule has 6 heteroatoms. The Balaban J connectivity index is 2.17. The molecule has 1 heterocycles. The summed E-state index contributed by atoms with van der Waals surface area (Å²) in [5.74, 6) is 0. The maximum Gasteiger partial charge on any atom is 0.236 e. The van der Waals surface area contributed by atoms with Crippen LogP contribution >= 0.6 is 11.6 Å². The van der Waals surface area contributed by atoms with E-state index in [0.717, 1.165) is 24.8 Å². The van der Waals surface area contributed by atoms with E-state index in [-0.39, 0.29) is 12.6 Å². The summed E-state index contributed by atoms with van der Waals surface area (Å²) in [5.41, 5.74) is 0.776. The molecule has 1 aromatic rings. The van der Waals surface area contributed by atoms with Crippen LogP contribution in [0, 0.1) is 0 Å². The molecule has 0 aliphatic carbocycles. The molecule has 1 atom stereocenters. The van der Waals surface area contributed by atoms with Crippen LogP contribution in [0.25, 0.3) is 6.08 Å². The van der Waals surface area contributed by atoms with Crippen LogP contribution in [0.1, 0.15) is 31.2 Å². The predicted octanol–water partition coefficient (Wildman–Crippen LogP) is 2.88. The number of benzene rings is 1. The lowest BCUT2D eigenvalue weighted by molar-refractivity contribution is 0.187. The van der Waals surface area contributed by atoms with Gasteiger partial charge in [0.25, 0.3) is 0 Å². The number of hydrogen-bond acceptors (Lipinski definition) is 3. The summed E-state index contributed by atoms with van der Waals surface area (Å²) in [6, 6.07) is 6.65. The molecule has 1 saturated heterocycles. The van der Waals surface area contributed by atoms with E-state index in [2.05, 4.69) is 0 Å². The normalized spacial score (nSPS) is 21.5. The van der Waals surface area contributed by atoms with Crippen molar-refractivity contribution in [1.29, 1.82) is 0 Å². The second kappa shape index (κ2) is 7.40. The van der Waals surface area contributed by atoms with Gasteiger partial charge in [-0.15, -0.1) is 0 Å². The molecule has 0 saturated carbocycles. The second-order valence-corrected chi connectivity index (χ2v) is 7.40. The first kappa shape index (κ1) is 16.5. The predicted molar refractivity (Wildman–Crippen MR) is 85.5 cm³/mol. The van der Waals surface area contributed by atoms with Crippen LogP contribution < -0.4 is 0 Å². The van der Waals surface area contributed by atoms with Crippen molar-refractivity contribution in [3.63, 3.8) is 0 Å². The highest BCUT2D eigenvalue weighted by Crippen LogP contribution is 2.21. The van der Waals surface area contributed by atoms with Crippen molar-refractivity contribution in [3.8, 4) is 0 Å². The largest absolute Gasteiger partial charge is 0.395 e. The van der Waals surface area contributed by atoms with Gasteiger partial charge in [-0.05, 0) is 36.6 Å². The van der Waals surface area contributed by atoms with Gasteiger partial charge in [0.2, 0.25) is 10.0 Å². The number of halogens is 1. The van der Waals surface area contributed by atoms with E-state index in [1.807, 2.05) is 0 Å². The van der Waals surface area contributed by atoms with Gasteiger partial charge < -0.3 is 5.11 Å². The molecular weight excluding hydrogens is 310 g/mol. The lowest BCUT2D eigenvalue weighted by atomic mass is 10.1. The van der Waals surface area contributed by atoms with Crippen LogP contribution in [0.2, 0.25) is 5.02 Å². The van der Waals surface area contributed by atoms with Gasteiger partial charge in [0.05, 0.1) is 6.61 Å². The number of aliphatic hydroxyl groups excluding tert-OH is 1. The fourth-order valence-corrected chi connectivity index (χ4v) is 4.07. The van der Waals surface area contributed by atoms with E-state index >= 15 is 0 Å². The van der Waals surface area contributed by atoms with Gasteiger partial charge in [-0.25, -0.2) is 8.42 Å². The standard InChI is InChI=1S/C15H20ClNO3S/c16-14-7-5-13(6-8-14)9-11-21(19,20)17-10-3-1-2-4-15(17)12-18/h5-9,11,15,18H,1-4,10,12H2/b11-9+. The van der Waals surface area contributed by atoms with E-state index < -0.39 is 10.0 Å². The first-order valence-electron chi connectivity index (χ1n) is 7.09. The summed E-state index contributed by atoms with van der Waals surface area (Å²) < 4.78 is 26.3. The number of sulfonamides is 1. The number of aliphatic hydroxyl groups is 1. The van der Waals surface area contributed by atoms with Crippen LogP contribution in [0.15, 0.2) is 29.7 Å². The molecule has 0 radical (unpaired) electrons. The molecule has 1 unspecified atom stereocenters. The summed E-state index contributed by atoms with van der Waals surface area (Å²) in [6.45, 7) is 0.340. The molecule has 0 bridgehead atoms. The molecule has 0 aromatic heterocycles. The Morgan fingerprint density at radius 2 is 1.95 bits per heavy atom. The van der Waals surface area contributed by atoms with Crippen LogP contribution in [-0.4, -0.2) is 37.0 Å². The maximum atomic E-state index is 12.4. The molecule has 4 nitrogen and oxygen atoms in total. The first-order valence-corrected chi connectivity index (χ1v) is 8.97. The molecule has 1 aromatic carbocycles. The summed E-state index contributed by atoms with van der Waals surface area (Å²) in [4.78, 5) is 0. The summed E-state index contributed by atoms with van der Waals surface area (Å²) in [7, 11) is -3.52. The minimum atomic E-state index is -3.52. The lowest BCUT2D eigenvalue weighted by Gasteiger charge is -2.26. The van der Waals surface area contributed by atoms with Gasteiger partial charge in [-0.1, -0.05) is 36.6 Å². The van der Waals surface area contributed by atoms with E-state index in [1.165, 1.54) is 9.71 Å². The molecule has 2 rings (SSSR count). The van der Waals surface area contributed by atoms with E-state index in [9.17, 15) is 13.5 Å². The third kappa shape index (κ3) is 4.54. The Morgan fingerprint density at radius 1 is 1.24 bits per heavy atom. The zero-order valence-corrected chi connectivity index (χ0v) is 13.4. The van der Waals surface area contributed by atoms with Crippen molar-refractivity contribution in [3.05, 3.63) is 40.3 Å². The van der Waals surface area contributed by atoms with Gasteiger partial charge in [-0.3, -0.25) is 0 Å². The van der Waals surface area contributed by atoms with E-state index in [0.29, 0.717) is 18.0 Å². The molecule has 1 fully saturated rings. The van der Waals surface area contributed by atoms with Crippen LogP contribution in [0.5, 0.6) is 0 Å².